The molecule has 0 radical (unpaired) electrons. The molecule has 1 aromatic heterocycles. The highest BCUT2D eigenvalue weighted by Gasteiger charge is 2.31. The second-order valence-electron chi connectivity index (χ2n) is 2.80. The minimum atomic E-state index is -4.56. The molecule has 0 unspecified atom stereocenters. The lowest BCUT2D eigenvalue weighted by molar-refractivity contribution is -0.138. The molecule has 0 bridgehead atoms. The standard InChI is InChI=1S/C8H7ClF3NO2/c9-6-3-5(8(10,11)12)4-13(1-2-14)7(6)15/h3-4,14H,1-2H2. The Hall–Kier alpha value is -1.01. The van der Waals surface area contributed by atoms with Gasteiger partial charge in [0.1, 0.15) is 5.02 Å². The average molecular weight is 242 g/mol. The Morgan fingerprint density at radius 2 is 2.07 bits per heavy atom. The summed E-state index contributed by atoms with van der Waals surface area (Å²) in [6, 6.07) is 0.567. The number of nitrogens with zero attached hydrogens (tertiary/aromatic N) is 1. The Labute approximate surface area is 87.7 Å². The van der Waals surface area contributed by atoms with Crippen molar-refractivity contribution in [3.05, 3.63) is 33.2 Å². The third kappa shape index (κ3) is 2.73. The molecule has 0 saturated heterocycles. The number of pyridine rings is 1. The Morgan fingerprint density at radius 3 is 2.53 bits per heavy atom. The average Bonchev–Trinajstić information content (AvgIpc) is 2.11. The number of hydrogen-bond donors (Lipinski definition) is 1. The first-order valence-electron chi connectivity index (χ1n) is 3.94. The van der Waals surface area contributed by atoms with Gasteiger partial charge in [0.15, 0.2) is 0 Å². The van der Waals surface area contributed by atoms with Crippen molar-refractivity contribution in [1.82, 2.24) is 4.57 Å². The van der Waals surface area contributed by atoms with Crippen LogP contribution in [0, 0.1) is 0 Å². The Bertz CT molecular complexity index is 413. The maximum Gasteiger partial charge on any atom is 0.417 e. The lowest BCUT2D eigenvalue weighted by atomic mass is 10.3. The Kier molecular flexibility index (Phi) is 3.41. The molecule has 1 aromatic rings. The van der Waals surface area contributed by atoms with Crippen LogP contribution in [0.5, 0.6) is 0 Å². The van der Waals surface area contributed by atoms with Crippen molar-refractivity contribution in [2.75, 3.05) is 6.61 Å². The summed E-state index contributed by atoms with van der Waals surface area (Å²) in [4.78, 5) is 11.2. The van der Waals surface area contributed by atoms with E-state index in [1.54, 1.807) is 0 Å². The first kappa shape index (κ1) is 12.1. The molecule has 1 rings (SSSR count). The molecule has 0 spiro atoms. The molecule has 1 heterocycles. The molecule has 0 aromatic carbocycles. The summed E-state index contributed by atoms with van der Waals surface area (Å²) < 4.78 is 37.6. The number of aliphatic hydroxyl groups excluding tert-OH is 1. The molecule has 0 atom stereocenters. The summed E-state index contributed by atoms with van der Waals surface area (Å²) in [5.74, 6) is 0. The molecule has 0 aliphatic rings. The summed E-state index contributed by atoms with van der Waals surface area (Å²) in [7, 11) is 0. The summed E-state index contributed by atoms with van der Waals surface area (Å²) >= 11 is 5.35. The summed E-state index contributed by atoms with van der Waals surface area (Å²) in [6.45, 7) is -0.653. The number of halogens is 4. The van der Waals surface area contributed by atoms with Crippen molar-refractivity contribution < 1.29 is 18.3 Å². The number of aromatic nitrogens is 1. The van der Waals surface area contributed by atoms with Crippen LogP contribution in [0.25, 0.3) is 0 Å². The van der Waals surface area contributed by atoms with Crippen LogP contribution in [0.4, 0.5) is 13.2 Å². The van der Waals surface area contributed by atoms with Crippen molar-refractivity contribution in [1.29, 1.82) is 0 Å². The van der Waals surface area contributed by atoms with E-state index in [1.807, 2.05) is 0 Å². The van der Waals surface area contributed by atoms with Crippen molar-refractivity contribution >= 4 is 11.6 Å². The minimum absolute atomic E-state index is 0.220. The molecule has 7 heteroatoms. The normalized spacial score (nSPS) is 11.8. The van der Waals surface area contributed by atoms with Crippen LogP contribution in [-0.4, -0.2) is 16.3 Å². The molecule has 0 aliphatic heterocycles. The SMILES string of the molecule is O=c1c(Cl)cc(C(F)(F)F)cn1CCO. The van der Waals surface area contributed by atoms with Crippen LogP contribution >= 0.6 is 11.6 Å². The van der Waals surface area contributed by atoms with E-state index in [-0.39, 0.29) is 6.54 Å². The van der Waals surface area contributed by atoms with Crippen molar-refractivity contribution in [3.63, 3.8) is 0 Å². The smallest absolute Gasteiger partial charge is 0.395 e. The van der Waals surface area contributed by atoms with Gasteiger partial charge in [0.05, 0.1) is 12.2 Å². The molecule has 3 nitrogen and oxygen atoms in total. The van der Waals surface area contributed by atoms with E-state index in [2.05, 4.69) is 0 Å². The summed E-state index contributed by atoms with van der Waals surface area (Å²) in [5.41, 5.74) is -1.76. The van der Waals surface area contributed by atoms with Gasteiger partial charge in [0.25, 0.3) is 5.56 Å². The lowest BCUT2D eigenvalue weighted by Gasteiger charge is -2.10. The predicted molar refractivity (Wildman–Crippen MR) is 47.8 cm³/mol. The number of rotatable bonds is 2. The monoisotopic (exact) mass is 241 g/mol. The van der Waals surface area contributed by atoms with Crippen molar-refractivity contribution in [2.45, 2.75) is 12.7 Å². The zero-order valence-corrected chi connectivity index (χ0v) is 8.14. The lowest BCUT2D eigenvalue weighted by Crippen LogP contribution is -2.24. The highest BCUT2D eigenvalue weighted by molar-refractivity contribution is 6.30. The molecule has 15 heavy (non-hydrogen) atoms. The van der Waals surface area contributed by atoms with Gasteiger partial charge in [-0.25, -0.2) is 0 Å². The highest BCUT2D eigenvalue weighted by Crippen LogP contribution is 2.29. The van der Waals surface area contributed by atoms with Gasteiger partial charge in [-0.3, -0.25) is 4.79 Å². The fourth-order valence-electron chi connectivity index (χ4n) is 1.03. The van der Waals surface area contributed by atoms with E-state index in [0.29, 0.717) is 12.3 Å². The molecular weight excluding hydrogens is 235 g/mol. The zero-order valence-electron chi connectivity index (χ0n) is 7.38. The van der Waals surface area contributed by atoms with E-state index in [9.17, 15) is 18.0 Å². The quantitative estimate of drug-likeness (QED) is 0.853. The fraction of sp³-hybridized carbons (Fsp3) is 0.375. The molecule has 84 valence electrons. The summed E-state index contributed by atoms with van der Waals surface area (Å²) in [6.07, 6.45) is -3.93. The molecule has 0 aliphatic carbocycles. The van der Waals surface area contributed by atoms with E-state index in [0.717, 1.165) is 4.57 Å². The predicted octanol–water partition coefficient (Wildman–Crippen LogP) is 1.51. The number of hydrogen-bond acceptors (Lipinski definition) is 2. The van der Waals surface area contributed by atoms with Gasteiger partial charge in [-0.15, -0.1) is 0 Å². The highest BCUT2D eigenvalue weighted by atomic mass is 35.5. The van der Waals surface area contributed by atoms with Gasteiger partial charge >= 0.3 is 6.18 Å². The zero-order chi connectivity index (χ0) is 11.6. The van der Waals surface area contributed by atoms with Crippen molar-refractivity contribution in [2.24, 2.45) is 0 Å². The molecular formula is C8H7ClF3NO2. The maximum absolute atomic E-state index is 12.3. The van der Waals surface area contributed by atoms with E-state index < -0.39 is 28.9 Å². The second kappa shape index (κ2) is 4.24. The van der Waals surface area contributed by atoms with Crippen LogP contribution in [-0.2, 0) is 12.7 Å². The van der Waals surface area contributed by atoms with Crippen LogP contribution in [0.3, 0.4) is 0 Å². The van der Waals surface area contributed by atoms with E-state index >= 15 is 0 Å². The van der Waals surface area contributed by atoms with Gasteiger partial charge in [-0.05, 0) is 6.07 Å². The van der Waals surface area contributed by atoms with Gasteiger partial charge in [0, 0.05) is 12.7 Å². The Balaban J connectivity index is 3.30. The molecule has 1 N–H and O–H groups in total. The van der Waals surface area contributed by atoms with Crippen LogP contribution in [0.15, 0.2) is 17.1 Å². The fourth-order valence-corrected chi connectivity index (χ4v) is 1.25. The molecule has 0 saturated carbocycles. The first-order chi connectivity index (χ1) is 6.86. The van der Waals surface area contributed by atoms with Crippen LogP contribution < -0.4 is 5.56 Å². The van der Waals surface area contributed by atoms with E-state index in [4.69, 9.17) is 16.7 Å². The minimum Gasteiger partial charge on any atom is -0.395 e. The van der Waals surface area contributed by atoms with E-state index in [1.165, 1.54) is 0 Å². The first-order valence-corrected chi connectivity index (χ1v) is 4.32. The summed E-state index contributed by atoms with van der Waals surface area (Å²) in [5, 5.41) is 8.03. The third-order valence-electron chi connectivity index (χ3n) is 1.71. The van der Waals surface area contributed by atoms with Crippen LogP contribution in [0.2, 0.25) is 5.02 Å². The Morgan fingerprint density at radius 1 is 1.47 bits per heavy atom. The number of alkyl halides is 3. The maximum atomic E-state index is 12.3. The third-order valence-corrected chi connectivity index (χ3v) is 1.98. The second-order valence-corrected chi connectivity index (χ2v) is 3.20. The molecule has 0 amide bonds. The van der Waals surface area contributed by atoms with Crippen LogP contribution in [0.1, 0.15) is 5.56 Å². The van der Waals surface area contributed by atoms with Crippen molar-refractivity contribution in [3.8, 4) is 0 Å². The molecule has 0 fully saturated rings. The largest absolute Gasteiger partial charge is 0.417 e. The topological polar surface area (TPSA) is 42.2 Å². The van der Waals surface area contributed by atoms with Gasteiger partial charge in [-0.2, -0.15) is 13.2 Å². The van der Waals surface area contributed by atoms with Gasteiger partial charge < -0.3 is 9.67 Å². The van der Waals surface area contributed by atoms with Gasteiger partial charge in [0.2, 0.25) is 0 Å². The number of aliphatic hydroxyl groups is 1. The van der Waals surface area contributed by atoms with Gasteiger partial charge in [-0.1, -0.05) is 11.6 Å².